The van der Waals surface area contributed by atoms with Crippen LogP contribution in [0.4, 0.5) is 10.5 Å². The number of thiophene rings is 1. The van der Waals surface area contributed by atoms with Gasteiger partial charge in [-0.15, -0.1) is 11.3 Å². The molecule has 2 N–H and O–H groups in total. The number of nitrogens with one attached hydrogen (secondary N) is 1. The molecule has 0 saturated carbocycles. The fourth-order valence-corrected chi connectivity index (χ4v) is 4.54. The van der Waals surface area contributed by atoms with E-state index in [-0.39, 0.29) is 11.9 Å². The second kappa shape index (κ2) is 8.59. The normalized spacial score (nSPS) is 16.0. The molecule has 4 rings (SSSR count). The summed E-state index contributed by atoms with van der Waals surface area (Å²) in [6.45, 7) is 1.31. The van der Waals surface area contributed by atoms with E-state index in [1.54, 1.807) is 11.3 Å². The van der Waals surface area contributed by atoms with Crippen molar-refractivity contribution in [3.8, 4) is 10.4 Å². The molecule has 2 aromatic carbocycles. The Morgan fingerprint density at radius 1 is 1.00 bits per heavy atom. The van der Waals surface area contributed by atoms with E-state index in [1.165, 1.54) is 0 Å². The number of urea groups is 1. The van der Waals surface area contributed by atoms with E-state index in [0.29, 0.717) is 13.1 Å². The van der Waals surface area contributed by atoms with Gasteiger partial charge in [-0.25, -0.2) is 4.79 Å². The smallest absolute Gasteiger partial charge is 0.321 e. The van der Waals surface area contributed by atoms with E-state index in [0.717, 1.165) is 34.5 Å². The highest BCUT2D eigenvalue weighted by molar-refractivity contribution is 7.13. The van der Waals surface area contributed by atoms with E-state index in [2.05, 4.69) is 11.4 Å². The SMILES string of the molecule is O=C(Nc1ccccc1-c1cccs1)N1CCC([C@@H](O)c2ccccc2)CC1. The van der Waals surface area contributed by atoms with Crippen LogP contribution in [0.5, 0.6) is 0 Å². The molecule has 3 aromatic rings. The van der Waals surface area contributed by atoms with Crippen molar-refractivity contribution in [3.05, 3.63) is 77.7 Å². The summed E-state index contributed by atoms with van der Waals surface area (Å²) in [6, 6.07) is 21.7. The fourth-order valence-electron chi connectivity index (χ4n) is 3.77. The average molecular weight is 393 g/mol. The van der Waals surface area contributed by atoms with Crippen LogP contribution in [0.25, 0.3) is 10.4 Å². The number of aliphatic hydroxyl groups is 1. The topological polar surface area (TPSA) is 52.6 Å². The van der Waals surface area contributed by atoms with E-state index in [1.807, 2.05) is 70.9 Å². The average Bonchev–Trinajstić information content (AvgIpc) is 3.29. The van der Waals surface area contributed by atoms with Crippen molar-refractivity contribution in [2.75, 3.05) is 18.4 Å². The molecule has 0 spiro atoms. The van der Waals surface area contributed by atoms with E-state index in [4.69, 9.17) is 0 Å². The Balaban J connectivity index is 1.38. The van der Waals surface area contributed by atoms with Crippen LogP contribution in [0, 0.1) is 5.92 Å². The van der Waals surface area contributed by atoms with Gasteiger partial charge in [0.1, 0.15) is 0 Å². The fraction of sp³-hybridized carbons (Fsp3) is 0.261. The number of carbonyl (C=O) groups excluding carboxylic acids is 1. The molecule has 144 valence electrons. The minimum atomic E-state index is -0.467. The number of aliphatic hydroxyl groups excluding tert-OH is 1. The maximum atomic E-state index is 12.8. The summed E-state index contributed by atoms with van der Waals surface area (Å²) < 4.78 is 0. The molecule has 1 aliphatic heterocycles. The molecule has 2 heterocycles. The number of anilines is 1. The highest BCUT2D eigenvalue weighted by atomic mass is 32.1. The van der Waals surface area contributed by atoms with Gasteiger partial charge in [0.2, 0.25) is 0 Å². The first-order valence-electron chi connectivity index (χ1n) is 9.64. The maximum Gasteiger partial charge on any atom is 0.321 e. The van der Waals surface area contributed by atoms with Gasteiger partial charge in [0.15, 0.2) is 0 Å². The van der Waals surface area contributed by atoms with Crippen LogP contribution in [0.1, 0.15) is 24.5 Å². The number of hydrogen-bond acceptors (Lipinski definition) is 3. The lowest BCUT2D eigenvalue weighted by atomic mass is 9.87. The predicted octanol–water partition coefficient (Wildman–Crippen LogP) is 5.39. The monoisotopic (exact) mass is 392 g/mol. The predicted molar refractivity (Wildman–Crippen MR) is 114 cm³/mol. The number of para-hydroxylation sites is 1. The van der Waals surface area contributed by atoms with Gasteiger partial charge >= 0.3 is 6.03 Å². The number of hydrogen-bond donors (Lipinski definition) is 2. The Morgan fingerprint density at radius 2 is 1.71 bits per heavy atom. The largest absolute Gasteiger partial charge is 0.388 e. The van der Waals surface area contributed by atoms with Crippen molar-refractivity contribution in [2.45, 2.75) is 18.9 Å². The molecule has 0 unspecified atom stereocenters. The van der Waals surface area contributed by atoms with Crippen molar-refractivity contribution in [3.63, 3.8) is 0 Å². The van der Waals surface area contributed by atoms with Gasteiger partial charge in [0.25, 0.3) is 0 Å². The third kappa shape index (κ3) is 4.11. The Kier molecular flexibility index (Phi) is 5.74. The molecule has 0 bridgehead atoms. The van der Waals surface area contributed by atoms with Gasteiger partial charge in [-0.3, -0.25) is 0 Å². The van der Waals surface area contributed by atoms with Gasteiger partial charge in [-0.05, 0) is 41.8 Å². The second-order valence-corrected chi connectivity index (χ2v) is 8.08. The van der Waals surface area contributed by atoms with Gasteiger partial charge in [0, 0.05) is 23.5 Å². The number of piperidine rings is 1. The quantitative estimate of drug-likeness (QED) is 0.625. The number of rotatable bonds is 4. The number of nitrogens with zero attached hydrogens (tertiary/aromatic N) is 1. The molecule has 1 fully saturated rings. The molecule has 1 aromatic heterocycles. The van der Waals surface area contributed by atoms with Crippen molar-refractivity contribution in [1.82, 2.24) is 4.90 Å². The van der Waals surface area contributed by atoms with Gasteiger partial charge < -0.3 is 15.3 Å². The summed E-state index contributed by atoms with van der Waals surface area (Å²) in [7, 11) is 0. The minimum absolute atomic E-state index is 0.0725. The number of amides is 2. The van der Waals surface area contributed by atoms with E-state index >= 15 is 0 Å². The van der Waals surface area contributed by atoms with Gasteiger partial charge in [-0.1, -0.05) is 54.6 Å². The molecule has 4 nitrogen and oxygen atoms in total. The van der Waals surface area contributed by atoms with Crippen LogP contribution in [-0.4, -0.2) is 29.1 Å². The van der Waals surface area contributed by atoms with Crippen molar-refractivity contribution < 1.29 is 9.90 Å². The van der Waals surface area contributed by atoms with Crippen LogP contribution in [0.15, 0.2) is 72.1 Å². The minimum Gasteiger partial charge on any atom is -0.388 e. The molecule has 0 radical (unpaired) electrons. The summed E-state index contributed by atoms with van der Waals surface area (Å²) in [5.74, 6) is 0.185. The molecule has 1 aliphatic rings. The molecule has 28 heavy (non-hydrogen) atoms. The lowest BCUT2D eigenvalue weighted by Gasteiger charge is -2.34. The third-order valence-corrected chi connectivity index (χ3v) is 6.27. The zero-order chi connectivity index (χ0) is 19.3. The maximum absolute atomic E-state index is 12.8. The number of carbonyl (C=O) groups is 1. The lowest BCUT2D eigenvalue weighted by Crippen LogP contribution is -2.42. The Hall–Kier alpha value is -2.63. The summed E-state index contributed by atoms with van der Waals surface area (Å²) in [5, 5.41) is 15.7. The Labute approximate surface area is 169 Å². The highest BCUT2D eigenvalue weighted by Crippen LogP contribution is 2.33. The molecule has 1 atom stereocenters. The molecule has 5 heteroatoms. The van der Waals surface area contributed by atoms with Crippen LogP contribution >= 0.6 is 11.3 Å². The van der Waals surface area contributed by atoms with Crippen LogP contribution in [-0.2, 0) is 0 Å². The molecule has 2 amide bonds. The third-order valence-electron chi connectivity index (χ3n) is 5.37. The summed E-state index contributed by atoms with van der Waals surface area (Å²) in [6.07, 6.45) is 1.14. The number of benzene rings is 2. The molecule has 1 saturated heterocycles. The first-order valence-corrected chi connectivity index (χ1v) is 10.5. The summed E-state index contributed by atoms with van der Waals surface area (Å²) in [5.41, 5.74) is 2.83. The number of likely N-dealkylation sites (tertiary alicyclic amines) is 1. The molecular weight excluding hydrogens is 368 g/mol. The van der Waals surface area contributed by atoms with E-state index in [9.17, 15) is 9.90 Å². The van der Waals surface area contributed by atoms with Gasteiger partial charge in [-0.2, -0.15) is 0 Å². The summed E-state index contributed by atoms with van der Waals surface area (Å²) in [4.78, 5) is 15.8. The second-order valence-electron chi connectivity index (χ2n) is 7.13. The van der Waals surface area contributed by atoms with Crippen molar-refractivity contribution >= 4 is 23.1 Å². The van der Waals surface area contributed by atoms with Crippen LogP contribution in [0.2, 0.25) is 0 Å². The zero-order valence-corrected chi connectivity index (χ0v) is 16.4. The Morgan fingerprint density at radius 3 is 2.43 bits per heavy atom. The molecular formula is C23H24N2O2S. The first-order chi connectivity index (χ1) is 13.7. The highest BCUT2D eigenvalue weighted by Gasteiger charge is 2.28. The zero-order valence-electron chi connectivity index (χ0n) is 15.6. The van der Waals surface area contributed by atoms with Crippen LogP contribution in [0.3, 0.4) is 0 Å². The van der Waals surface area contributed by atoms with Crippen molar-refractivity contribution in [2.24, 2.45) is 5.92 Å². The Bertz CT molecular complexity index is 903. The van der Waals surface area contributed by atoms with Gasteiger partial charge in [0.05, 0.1) is 11.8 Å². The standard InChI is InChI=1S/C23H24N2O2S/c26-22(17-7-2-1-3-8-17)18-12-14-25(15-13-18)23(27)24-20-10-5-4-9-19(20)21-11-6-16-28-21/h1-11,16,18,22,26H,12-15H2,(H,24,27)/t22-/m0/s1. The van der Waals surface area contributed by atoms with Crippen molar-refractivity contribution in [1.29, 1.82) is 0 Å². The lowest BCUT2D eigenvalue weighted by molar-refractivity contribution is 0.0683. The van der Waals surface area contributed by atoms with Crippen LogP contribution < -0.4 is 5.32 Å². The first kappa shape index (κ1) is 18.7. The molecule has 0 aliphatic carbocycles. The van der Waals surface area contributed by atoms with E-state index < -0.39 is 6.10 Å². The summed E-state index contributed by atoms with van der Waals surface area (Å²) >= 11 is 1.66.